The Labute approximate surface area is 173 Å². The lowest BCUT2D eigenvalue weighted by molar-refractivity contribution is 0.116. The van der Waals surface area contributed by atoms with Crippen molar-refractivity contribution in [3.05, 3.63) is 29.7 Å². The highest BCUT2D eigenvalue weighted by molar-refractivity contribution is 6.05. The van der Waals surface area contributed by atoms with E-state index in [1.807, 2.05) is 13.0 Å². The number of nitrogen functional groups attached to an aromatic ring is 1. The van der Waals surface area contributed by atoms with Gasteiger partial charge in [-0.3, -0.25) is 0 Å². The van der Waals surface area contributed by atoms with Gasteiger partial charge in [-0.15, -0.1) is 0 Å². The van der Waals surface area contributed by atoms with Crippen LogP contribution in [0.1, 0.15) is 58.4 Å². The van der Waals surface area contributed by atoms with Crippen molar-refractivity contribution in [1.29, 1.82) is 0 Å². The van der Waals surface area contributed by atoms with E-state index in [1.165, 1.54) is 24.8 Å². The van der Waals surface area contributed by atoms with Gasteiger partial charge in [-0.25, -0.2) is 9.97 Å². The highest BCUT2D eigenvalue weighted by Crippen LogP contribution is 2.29. The summed E-state index contributed by atoms with van der Waals surface area (Å²) >= 11 is 0. The van der Waals surface area contributed by atoms with E-state index >= 15 is 0 Å². The van der Waals surface area contributed by atoms with Crippen molar-refractivity contribution in [1.82, 2.24) is 14.9 Å². The molecule has 3 aromatic rings. The van der Waals surface area contributed by atoms with E-state index in [0.717, 1.165) is 23.9 Å². The van der Waals surface area contributed by atoms with Crippen LogP contribution in [-0.4, -0.2) is 40.6 Å². The number of nitrogens with two attached hydrogens (primary N) is 1. The Morgan fingerprint density at radius 1 is 1.14 bits per heavy atom. The number of hydrogen-bond donors (Lipinski definition) is 1. The van der Waals surface area contributed by atoms with Gasteiger partial charge >= 0.3 is 0 Å². The molecule has 0 unspecified atom stereocenters. The summed E-state index contributed by atoms with van der Waals surface area (Å²) in [6.07, 6.45) is 4.64. The van der Waals surface area contributed by atoms with Gasteiger partial charge in [0, 0.05) is 17.5 Å². The Bertz CT molecular complexity index is 959. The molecule has 0 saturated carbocycles. The van der Waals surface area contributed by atoms with Gasteiger partial charge in [-0.2, -0.15) is 0 Å². The number of hydrogen-bond acceptors (Lipinski definition) is 6. The number of fused-ring (bicyclic) bond motifs is 3. The second kappa shape index (κ2) is 9.09. The Morgan fingerprint density at radius 2 is 1.93 bits per heavy atom. The van der Waals surface area contributed by atoms with Crippen molar-refractivity contribution in [2.45, 2.75) is 65.5 Å². The third-order valence-electron chi connectivity index (χ3n) is 5.49. The Balaban J connectivity index is 1.69. The summed E-state index contributed by atoms with van der Waals surface area (Å²) in [5.41, 5.74) is 9.78. The molecule has 0 aliphatic heterocycles. The maximum absolute atomic E-state index is 6.09. The number of aryl methyl sites for hydroxylation is 1. The van der Waals surface area contributed by atoms with Crippen molar-refractivity contribution in [2.24, 2.45) is 0 Å². The number of anilines is 1. The molecule has 2 N–H and O–H groups in total. The third kappa shape index (κ3) is 5.25. The molecule has 0 fully saturated rings. The van der Waals surface area contributed by atoms with Crippen LogP contribution >= 0.6 is 0 Å². The molecule has 3 rings (SSSR count). The first-order valence-corrected chi connectivity index (χ1v) is 10.6. The summed E-state index contributed by atoms with van der Waals surface area (Å²) in [5, 5.41) is 0.967. The Kier molecular flexibility index (Phi) is 6.75. The van der Waals surface area contributed by atoms with Gasteiger partial charge in [0.1, 0.15) is 6.61 Å². The van der Waals surface area contributed by atoms with Crippen LogP contribution in [0.3, 0.4) is 0 Å². The van der Waals surface area contributed by atoms with Crippen LogP contribution in [-0.2, 0) is 17.8 Å². The van der Waals surface area contributed by atoms with Crippen LogP contribution in [0.2, 0.25) is 0 Å². The SMILES string of the molecule is CCOCc1nc2c(N)nc3ccc(CCCCCN(C)C(C)(C)C)cc3c2o1. The molecule has 0 saturated heterocycles. The predicted molar refractivity (Wildman–Crippen MR) is 119 cm³/mol. The quantitative estimate of drug-likeness (QED) is 0.515. The summed E-state index contributed by atoms with van der Waals surface area (Å²) in [7, 11) is 2.20. The molecule has 2 heterocycles. The predicted octanol–water partition coefficient (Wildman–Crippen LogP) is 4.94. The fourth-order valence-electron chi connectivity index (χ4n) is 3.36. The van der Waals surface area contributed by atoms with Gasteiger partial charge in [-0.05, 0) is 78.2 Å². The minimum atomic E-state index is 0.233. The van der Waals surface area contributed by atoms with Crippen molar-refractivity contribution in [3.63, 3.8) is 0 Å². The van der Waals surface area contributed by atoms with Crippen molar-refractivity contribution >= 4 is 27.8 Å². The van der Waals surface area contributed by atoms with Gasteiger partial charge in [-0.1, -0.05) is 12.5 Å². The minimum absolute atomic E-state index is 0.233. The van der Waals surface area contributed by atoms with E-state index in [2.05, 4.69) is 54.8 Å². The van der Waals surface area contributed by atoms with E-state index in [-0.39, 0.29) is 5.54 Å². The minimum Gasteiger partial charge on any atom is -0.437 e. The number of oxazole rings is 1. The van der Waals surface area contributed by atoms with Crippen molar-refractivity contribution in [2.75, 3.05) is 25.9 Å². The fraction of sp³-hybridized carbons (Fsp3) is 0.565. The molecule has 2 aromatic heterocycles. The number of nitrogens with zero attached hydrogens (tertiary/aromatic N) is 3. The number of benzene rings is 1. The van der Waals surface area contributed by atoms with E-state index in [9.17, 15) is 0 Å². The monoisotopic (exact) mass is 398 g/mol. The molecule has 6 heteroatoms. The zero-order valence-electron chi connectivity index (χ0n) is 18.4. The van der Waals surface area contributed by atoms with E-state index in [1.54, 1.807) is 0 Å². The Hall–Kier alpha value is -2.18. The zero-order valence-corrected chi connectivity index (χ0v) is 18.4. The van der Waals surface area contributed by atoms with Crippen LogP contribution in [0.15, 0.2) is 22.6 Å². The smallest absolute Gasteiger partial charge is 0.221 e. The van der Waals surface area contributed by atoms with Crippen LogP contribution in [0.5, 0.6) is 0 Å². The molecule has 29 heavy (non-hydrogen) atoms. The van der Waals surface area contributed by atoms with Gasteiger partial charge in [0.2, 0.25) is 5.89 Å². The normalized spacial score (nSPS) is 12.5. The first-order chi connectivity index (χ1) is 13.8. The number of unbranched alkanes of at least 4 members (excludes halogenated alkanes) is 2. The van der Waals surface area contributed by atoms with Gasteiger partial charge in [0.15, 0.2) is 16.9 Å². The molecule has 0 atom stereocenters. The second-order valence-electron chi connectivity index (χ2n) is 8.67. The summed E-state index contributed by atoms with van der Waals surface area (Å²) in [6.45, 7) is 10.8. The van der Waals surface area contributed by atoms with E-state index in [4.69, 9.17) is 14.9 Å². The average Bonchev–Trinajstić information content (AvgIpc) is 3.11. The molecule has 0 bridgehead atoms. The standard InChI is InChI=1S/C23H34N4O2/c1-6-28-15-19-26-20-21(29-19)17-14-16(11-12-18(17)25-22(20)24)10-8-7-9-13-27(5)23(2,3)4/h11-12,14H,6-10,13,15H2,1-5H3,(H2,24,25). The molecule has 158 valence electrons. The number of ether oxygens (including phenoxy) is 1. The molecule has 0 amide bonds. The largest absolute Gasteiger partial charge is 0.437 e. The summed E-state index contributed by atoms with van der Waals surface area (Å²) < 4.78 is 11.4. The first kappa shape index (κ1) is 21.5. The maximum Gasteiger partial charge on any atom is 0.221 e. The number of rotatable bonds is 9. The van der Waals surface area contributed by atoms with Gasteiger partial charge in [0.05, 0.1) is 5.52 Å². The number of pyridine rings is 1. The molecular formula is C23H34N4O2. The molecule has 0 spiro atoms. The van der Waals surface area contributed by atoms with Crippen LogP contribution < -0.4 is 5.73 Å². The second-order valence-corrected chi connectivity index (χ2v) is 8.67. The molecule has 1 aromatic carbocycles. The van der Waals surface area contributed by atoms with Gasteiger partial charge < -0.3 is 19.8 Å². The van der Waals surface area contributed by atoms with Crippen molar-refractivity contribution < 1.29 is 9.15 Å². The lowest BCUT2D eigenvalue weighted by Gasteiger charge is -2.31. The van der Waals surface area contributed by atoms with Gasteiger partial charge in [0.25, 0.3) is 0 Å². The van der Waals surface area contributed by atoms with Crippen molar-refractivity contribution in [3.8, 4) is 0 Å². The van der Waals surface area contributed by atoms with E-state index < -0.39 is 0 Å². The van der Waals surface area contributed by atoms with Crippen LogP contribution in [0.4, 0.5) is 5.82 Å². The topological polar surface area (TPSA) is 77.4 Å². The third-order valence-corrected chi connectivity index (χ3v) is 5.49. The van der Waals surface area contributed by atoms with Crippen LogP contribution in [0.25, 0.3) is 22.0 Å². The molecule has 0 aliphatic rings. The van der Waals surface area contributed by atoms with Crippen LogP contribution in [0, 0.1) is 0 Å². The average molecular weight is 399 g/mol. The summed E-state index contributed by atoms with van der Waals surface area (Å²) in [5.74, 6) is 0.936. The number of aromatic nitrogens is 2. The first-order valence-electron chi connectivity index (χ1n) is 10.6. The lowest BCUT2D eigenvalue weighted by Crippen LogP contribution is -2.38. The Morgan fingerprint density at radius 3 is 2.66 bits per heavy atom. The summed E-state index contributed by atoms with van der Waals surface area (Å²) in [4.78, 5) is 11.4. The highest BCUT2D eigenvalue weighted by Gasteiger charge is 2.16. The molecule has 0 radical (unpaired) electrons. The zero-order chi connectivity index (χ0) is 21.0. The molecule has 0 aliphatic carbocycles. The van der Waals surface area contributed by atoms with E-state index in [0.29, 0.717) is 36.0 Å². The summed E-state index contributed by atoms with van der Waals surface area (Å²) in [6, 6.07) is 6.33. The molecular weight excluding hydrogens is 364 g/mol. The molecule has 6 nitrogen and oxygen atoms in total. The fourth-order valence-corrected chi connectivity index (χ4v) is 3.36. The lowest BCUT2D eigenvalue weighted by atomic mass is 10.0. The maximum atomic E-state index is 6.09. The highest BCUT2D eigenvalue weighted by atomic mass is 16.5.